The predicted octanol–water partition coefficient (Wildman–Crippen LogP) is 12.0. The fraction of sp³-hybridized carbons (Fsp3) is 0.197. The molecule has 1 unspecified atom stereocenters. The fourth-order valence-corrected chi connectivity index (χ4v) is 9.48. The van der Waals surface area contributed by atoms with Crippen molar-refractivity contribution in [3.63, 3.8) is 0 Å². The van der Waals surface area contributed by atoms with Gasteiger partial charge in [-0.2, -0.15) is 4.98 Å². The summed E-state index contributed by atoms with van der Waals surface area (Å²) in [5.74, 6) is -6.00. The van der Waals surface area contributed by atoms with Gasteiger partial charge in [-0.05, 0) is 143 Å². The maximum absolute atomic E-state index is 15.1. The van der Waals surface area contributed by atoms with Crippen LogP contribution in [0.3, 0.4) is 0 Å². The smallest absolute Gasteiger partial charge is 0.410 e. The minimum absolute atomic E-state index is 0.00153. The van der Waals surface area contributed by atoms with Gasteiger partial charge >= 0.3 is 18.2 Å². The third kappa shape index (κ3) is 13.8. The molecule has 0 bridgehead atoms. The van der Waals surface area contributed by atoms with Crippen molar-refractivity contribution in [2.75, 3.05) is 52.1 Å². The molecule has 4 heterocycles. The molecular weight excluding hydrogens is 1160 g/mol. The van der Waals surface area contributed by atoms with E-state index in [0.29, 0.717) is 50.4 Å². The summed E-state index contributed by atoms with van der Waals surface area (Å²) in [5.41, 5.74) is 2.80. The zero-order valence-electron chi connectivity index (χ0n) is 47.5. The van der Waals surface area contributed by atoms with Crippen molar-refractivity contribution in [1.82, 2.24) is 35.5 Å². The lowest BCUT2D eigenvalue weighted by molar-refractivity contribution is 0.0305. The minimum Gasteiger partial charge on any atom is -0.444 e. The Morgan fingerprint density at radius 3 is 1.47 bits per heavy atom. The van der Waals surface area contributed by atoms with Gasteiger partial charge in [-0.3, -0.25) is 13.8 Å². The van der Waals surface area contributed by atoms with Crippen LogP contribution in [0.5, 0.6) is 0 Å². The first-order chi connectivity index (χ1) is 41.3. The Kier molecular flexibility index (Phi) is 18.0. The number of benzene rings is 6. The van der Waals surface area contributed by atoms with E-state index in [2.05, 4.69) is 41.5 Å². The second kappa shape index (κ2) is 25.5. The highest BCUT2D eigenvalue weighted by Crippen LogP contribution is 2.41. The van der Waals surface area contributed by atoms with E-state index < -0.39 is 92.6 Å². The molecule has 0 saturated heterocycles. The largest absolute Gasteiger partial charge is 0.444 e. The maximum Gasteiger partial charge on any atom is 0.410 e. The van der Waals surface area contributed by atoms with Crippen LogP contribution in [-0.4, -0.2) is 91.0 Å². The van der Waals surface area contributed by atoms with E-state index in [-0.39, 0.29) is 65.7 Å². The van der Waals surface area contributed by atoms with Gasteiger partial charge in [0, 0.05) is 71.1 Å². The number of rotatable bonds is 13. The number of para-hydroxylation sites is 2. The standard InChI is InChI=1S/C34H34F3N7O4.C27H20F3N5O3S/c1-19-9-10-20(30(45)40-22-13-11-21(35)12-14-22)17-23(19)27-24-18-39-32(46)44(28-25(36)7-6-8-26(28)37)29(24)42-31(41-27)38-15-16-43(5)33(47)48-34(2,3)4;1-14-6-7-15(25(36)32-17-10-8-16(28)9-11-17)12-18(14)22-19-13-31-27(37)35(23-20(29)4-3-5-21(23)30)24(19)34-26(33-22)39(2)38/h6-14,17H,15-16,18H2,1-5H3,(H,39,46)(H,40,45)(H,38,41,42);3-12H,13H2,1-2H3,(H,31,37)(H,32,36). The summed E-state index contributed by atoms with van der Waals surface area (Å²) in [6.07, 6.45) is 0.794. The number of carbonyl (C=O) groups is 5. The predicted molar refractivity (Wildman–Crippen MR) is 314 cm³/mol. The molecule has 2 aliphatic rings. The van der Waals surface area contributed by atoms with Gasteiger partial charge < -0.3 is 36.2 Å². The number of urea groups is 2. The molecule has 7 amide bonds. The zero-order chi connectivity index (χ0) is 62.6. The number of likely N-dealkylation sites (N-methyl/N-ethyl adjacent to an activating group) is 1. The summed E-state index contributed by atoms with van der Waals surface area (Å²) >= 11 is 0. The molecule has 0 fully saturated rings. The summed E-state index contributed by atoms with van der Waals surface area (Å²) in [4.78, 5) is 85.6. The molecule has 2 aliphatic heterocycles. The Morgan fingerprint density at radius 1 is 0.621 bits per heavy atom. The van der Waals surface area contributed by atoms with Crippen LogP contribution in [0.1, 0.15) is 63.7 Å². The molecule has 10 rings (SSSR count). The maximum atomic E-state index is 15.1. The first kappa shape index (κ1) is 61.3. The fourth-order valence-electron chi connectivity index (χ4n) is 9.05. The summed E-state index contributed by atoms with van der Waals surface area (Å²) in [7, 11) is -0.168. The minimum atomic E-state index is -1.73. The Balaban J connectivity index is 0.000000212. The van der Waals surface area contributed by atoms with E-state index in [4.69, 9.17) is 9.72 Å². The number of ether oxygens (including phenoxy) is 1. The van der Waals surface area contributed by atoms with Crippen LogP contribution in [0.2, 0.25) is 0 Å². The number of hydrogen-bond acceptors (Lipinski definition) is 12. The van der Waals surface area contributed by atoms with E-state index >= 15 is 8.78 Å². The third-order valence-electron chi connectivity index (χ3n) is 13.3. The molecule has 0 radical (unpaired) electrons. The van der Waals surface area contributed by atoms with Crippen LogP contribution < -0.4 is 36.4 Å². The number of hydrogen-bond donors (Lipinski definition) is 5. The average molecular weight is 1210 g/mol. The molecule has 2 aromatic heterocycles. The number of halogens is 6. The first-order valence-corrected chi connectivity index (χ1v) is 28.1. The molecule has 5 N–H and O–H groups in total. The van der Waals surface area contributed by atoms with Crippen molar-refractivity contribution < 1.29 is 59.3 Å². The van der Waals surface area contributed by atoms with Crippen LogP contribution in [0, 0.1) is 48.8 Å². The molecule has 0 saturated carbocycles. The summed E-state index contributed by atoms with van der Waals surface area (Å²) < 4.78 is 104. The number of anilines is 7. The quantitative estimate of drug-likeness (QED) is 0.0536. The van der Waals surface area contributed by atoms with E-state index in [1.807, 2.05) is 0 Å². The van der Waals surface area contributed by atoms with Crippen LogP contribution in [0.15, 0.2) is 126 Å². The lowest BCUT2D eigenvalue weighted by Crippen LogP contribution is -2.43. The third-order valence-corrected chi connectivity index (χ3v) is 14.0. The molecule has 1 atom stereocenters. The SMILES string of the molecule is Cc1ccc(C(=O)Nc2ccc(F)cc2)cc1-c1nc(NCCN(C)C(=O)OC(C)(C)C)nc2c1CNC(=O)N2c1c(F)cccc1F.Cc1ccc(C(=O)Nc2ccc(F)cc2)cc1-c1nc(S(C)=O)nc2c1CNC(=O)N2c1c(F)cccc1F. The first-order valence-electron chi connectivity index (χ1n) is 26.6. The molecule has 26 heteroatoms. The molecule has 0 aliphatic carbocycles. The van der Waals surface area contributed by atoms with E-state index in [9.17, 15) is 45.7 Å². The van der Waals surface area contributed by atoms with Gasteiger partial charge in [-0.25, -0.2) is 65.5 Å². The zero-order valence-corrected chi connectivity index (χ0v) is 48.4. The average Bonchev–Trinajstić information content (AvgIpc) is 1.39. The number of aryl methyl sites for hydroxylation is 2. The highest BCUT2D eigenvalue weighted by atomic mass is 32.2. The second-order valence-electron chi connectivity index (χ2n) is 20.7. The van der Waals surface area contributed by atoms with E-state index in [0.717, 1.165) is 34.1 Å². The van der Waals surface area contributed by atoms with Crippen molar-refractivity contribution >= 4 is 81.1 Å². The van der Waals surface area contributed by atoms with Gasteiger partial charge in [-0.1, -0.05) is 24.3 Å². The van der Waals surface area contributed by atoms with Gasteiger partial charge in [-0.15, -0.1) is 0 Å². The van der Waals surface area contributed by atoms with E-state index in [1.165, 1.54) is 71.8 Å². The second-order valence-corrected chi connectivity index (χ2v) is 22.0. The number of amides is 7. The van der Waals surface area contributed by atoms with Gasteiger partial charge in [0.05, 0.1) is 35.3 Å². The molecule has 448 valence electrons. The monoisotopic (exact) mass is 1210 g/mol. The van der Waals surface area contributed by atoms with E-state index in [1.54, 1.807) is 78.1 Å². The summed E-state index contributed by atoms with van der Waals surface area (Å²) in [5, 5.41) is 13.5. The molecule has 0 spiro atoms. The number of carbonyl (C=O) groups excluding carboxylic acids is 5. The van der Waals surface area contributed by atoms with Gasteiger partial charge in [0.1, 0.15) is 51.9 Å². The topological polar surface area (TPSA) is 233 Å². The van der Waals surface area contributed by atoms with Crippen molar-refractivity contribution in [3.05, 3.63) is 190 Å². The van der Waals surface area contributed by atoms with Crippen molar-refractivity contribution in [1.29, 1.82) is 0 Å². The molecule has 87 heavy (non-hydrogen) atoms. The Hall–Kier alpha value is -10.2. The molecule has 8 aromatic rings. The lowest BCUT2D eigenvalue weighted by atomic mass is 9.97. The van der Waals surface area contributed by atoms with Gasteiger partial charge in [0.25, 0.3) is 11.8 Å². The number of nitrogens with one attached hydrogen (secondary N) is 5. The Morgan fingerprint density at radius 2 is 1.05 bits per heavy atom. The van der Waals surface area contributed by atoms with Crippen LogP contribution >= 0.6 is 0 Å². The molecular formula is C61H54F6N12O7S. The van der Waals surface area contributed by atoms with Gasteiger partial charge in [0.2, 0.25) is 11.1 Å². The van der Waals surface area contributed by atoms with Crippen LogP contribution in [0.4, 0.5) is 81.1 Å². The van der Waals surface area contributed by atoms with Gasteiger partial charge in [0.15, 0.2) is 11.6 Å². The highest BCUT2D eigenvalue weighted by molar-refractivity contribution is 7.84. The number of nitrogens with zero attached hydrogens (tertiary/aromatic N) is 7. The summed E-state index contributed by atoms with van der Waals surface area (Å²) in [6, 6.07) is 25.1. The van der Waals surface area contributed by atoms with Crippen LogP contribution in [0.25, 0.3) is 22.5 Å². The highest BCUT2D eigenvalue weighted by Gasteiger charge is 2.37. The Labute approximate surface area is 496 Å². The normalized spacial score (nSPS) is 13.0. The molecule has 19 nitrogen and oxygen atoms in total. The van der Waals surface area contributed by atoms with Crippen molar-refractivity contribution in [2.24, 2.45) is 0 Å². The number of aromatic nitrogens is 4. The van der Waals surface area contributed by atoms with Crippen molar-refractivity contribution in [2.45, 2.75) is 58.5 Å². The number of fused-ring (bicyclic) bond motifs is 2. The Bertz CT molecular complexity index is 4020. The lowest BCUT2D eigenvalue weighted by Gasteiger charge is -2.31. The molecule has 6 aromatic carbocycles. The van der Waals surface area contributed by atoms with Crippen molar-refractivity contribution in [3.8, 4) is 22.5 Å². The summed E-state index contributed by atoms with van der Waals surface area (Å²) in [6.45, 7) is 8.98. The van der Waals surface area contributed by atoms with Crippen LogP contribution in [-0.2, 0) is 28.6 Å².